The lowest BCUT2D eigenvalue weighted by Gasteiger charge is -2.35. The van der Waals surface area contributed by atoms with E-state index >= 15 is 0 Å². The zero-order valence-electron chi connectivity index (χ0n) is 28.4. The quantitative estimate of drug-likeness (QED) is 0.175. The molecule has 0 fully saturated rings. The van der Waals surface area contributed by atoms with Crippen LogP contribution in [0.2, 0.25) is 0 Å². The Hall–Kier alpha value is -6.44. The molecule has 0 radical (unpaired) electrons. The lowest BCUT2D eigenvalue weighted by Crippen LogP contribution is -2.29. The van der Waals surface area contributed by atoms with E-state index in [1.165, 1.54) is 83.0 Å². The Morgan fingerprint density at radius 2 is 0.961 bits per heavy atom. The zero-order valence-corrected chi connectivity index (χ0v) is 28.4. The first-order valence-electron chi connectivity index (χ1n) is 17.8. The maximum absolute atomic E-state index is 2.48. The van der Waals surface area contributed by atoms with E-state index in [0.29, 0.717) is 0 Å². The van der Waals surface area contributed by atoms with Crippen LogP contribution in [0.3, 0.4) is 0 Å². The third-order valence-electron chi connectivity index (χ3n) is 10.9. The van der Waals surface area contributed by atoms with Crippen LogP contribution in [-0.2, 0) is 5.41 Å². The molecule has 1 heterocycles. The summed E-state index contributed by atoms with van der Waals surface area (Å²) in [5.74, 6) is 0. The summed E-state index contributed by atoms with van der Waals surface area (Å²) in [7, 11) is 0. The predicted octanol–water partition coefficient (Wildman–Crippen LogP) is 12.8. The molecule has 51 heavy (non-hydrogen) atoms. The highest BCUT2D eigenvalue weighted by atomic mass is 15.0. The Bertz CT molecular complexity index is 2680. The number of fused-ring (bicyclic) bond motifs is 6. The summed E-state index contributed by atoms with van der Waals surface area (Å²) < 4.78 is 2.47. The van der Waals surface area contributed by atoms with E-state index in [1.807, 2.05) is 0 Å². The average Bonchev–Trinajstić information content (AvgIpc) is 3.69. The molecule has 1 heteroatoms. The number of para-hydroxylation sites is 1. The molecule has 0 spiro atoms. The van der Waals surface area contributed by atoms with Gasteiger partial charge in [-0.2, -0.15) is 0 Å². The highest BCUT2D eigenvalue weighted by Gasteiger charge is 2.48. The number of hydrogen-bond donors (Lipinski definition) is 0. The minimum absolute atomic E-state index is 0.540. The van der Waals surface area contributed by atoms with Crippen LogP contribution >= 0.6 is 0 Å². The topological polar surface area (TPSA) is 4.93 Å². The van der Waals surface area contributed by atoms with Crippen molar-refractivity contribution in [3.8, 4) is 39.1 Å². The van der Waals surface area contributed by atoms with Crippen molar-refractivity contribution in [3.63, 3.8) is 0 Å². The van der Waals surface area contributed by atoms with Crippen LogP contribution in [0.1, 0.15) is 27.8 Å². The second-order valence-corrected chi connectivity index (χ2v) is 13.8. The molecule has 0 aliphatic heterocycles. The van der Waals surface area contributed by atoms with Gasteiger partial charge in [0, 0.05) is 16.5 Å². The first kappa shape index (κ1) is 29.5. The summed E-state index contributed by atoms with van der Waals surface area (Å²) in [6.45, 7) is 2.23. The number of benzene rings is 8. The molecule has 1 aliphatic carbocycles. The minimum Gasteiger partial charge on any atom is -0.309 e. The minimum atomic E-state index is -0.540. The van der Waals surface area contributed by atoms with Gasteiger partial charge in [0.15, 0.2) is 0 Å². The van der Waals surface area contributed by atoms with E-state index < -0.39 is 5.41 Å². The van der Waals surface area contributed by atoms with E-state index in [-0.39, 0.29) is 0 Å². The third kappa shape index (κ3) is 4.41. The van der Waals surface area contributed by atoms with Crippen LogP contribution < -0.4 is 0 Å². The van der Waals surface area contributed by atoms with E-state index in [4.69, 9.17) is 0 Å². The van der Waals surface area contributed by atoms with Gasteiger partial charge in [-0.3, -0.25) is 0 Å². The van der Waals surface area contributed by atoms with E-state index in [2.05, 4.69) is 206 Å². The van der Waals surface area contributed by atoms with Crippen LogP contribution in [0.25, 0.3) is 60.9 Å². The van der Waals surface area contributed by atoms with Gasteiger partial charge in [0.2, 0.25) is 0 Å². The van der Waals surface area contributed by atoms with Gasteiger partial charge in [0.1, 0.15) is 0 Å². The highest BCUT2D eigenvalue weighted by Crippen LogP contribution is 2.59. The van der Waals surface area contributed by atoms with Gasteiger partial charge in [-0.05, 0) is 98.5 Å². The Morgan fingerprint density at radius 1 is 0.392 bits per heavy atom. The first-order chi connectivity index (χ1) is 25.2. The SMILES string of the molecule is Cc1cc(-c2ccccc2)c2c(c1)-c1ccc(-n3c4ccccc4c4cc(-c5ccccc5)ccc43)cc1C2(c1ccccc1)c1ccccc1. The average molecular weight is 650 g/mol. The van der Waals surface area contributed by atoms with Crippen molar-refractivity contribution in [1.29, 1.82) is 0 Å². The van der Waals surface area contributed by atoms with Crippen LogP contribution in [0.5, 0.6) is 0 Å². The van der Waals surface area contributed by atoms with Gasteiger partial charge in [-0.1, -0.05) is 164 Å². The molecule has 240 valence electrons. The van der Waals surface area contributed by atoms with Crippen molar-refractivity contribution >= 4 is 21.8 Å². The Kier molecular flexibility index (Phi) is 6.69. The summed E-state index contributed by atoms with van der Waals surface area (Å²) in [6.07, 6.45) is 0. The van der Waals surface area contributed by atoms with Crippen molar-refractivity contribution in [2.75, 3.05) is 0 Å². The van der Waals surface area contributed by atoms with E-state index in [1.54, 1.807) is 0 Å². The molecule has 0 saturated heterocycles. The summed E-state index contributed by atoms with van der Waals surface area (Å²) >= 11 is 0. The fourth-order valence-corrected chi connectivity index (χ4v) is 8.80. The van der Waals surface area contributed by atoms with Crippen molar-refractivity contribution in [3.05, 3.63) is 222 Å². The lowest BCUT2D eigenvalue weighted by atomic mass is 9.66. The van der Waals surface area contributed by atoms with Crippen LogP contribution in [0.15, 0.2) is 194 Å². The molecule has 8 aromatic carbocycles. The highest BCUT2D eigenvalue weighted by molar-refractivity contribution is 6.10. The van der Waals surface area contributed by atoms with Gasteiger partial charge >= 0.3 is 0 Å². The van der Waals surface area contributed by atoms with Gasteiger partial charge in [-0.25, -0.2) is 0 Å². The maximum atomic E-state index is 2.48. The lowest BCUT2D eigenvalue weighted by molar-refractivity contribution is 0.769. The van der Waals surface area contributed by atoms with E-state index in [9.17, 15) is 0 Å². The fourth-order valence-electron chi connectivity index (χ4n) is 8.80. The number of hydrogen-bond acceptors (Lipinski definition) is 0. The number of aryl methyl sites for hydroxylation is 1. The second kappa shape index (κ2) is 11.6. The molecule has 0 saturated carbocycles. The molecular weight excluding hydrogens is 615 g/mol. The summed E-state index contributed by atoms with van der Waals surface area (Å²) in [6, 6.07) is 71.7. The normalized spacial score (nSPS) is 13.0. The summed E-state index contributed by atoms with van der Waals surface area (Å²) in [5, 5.41) is 2.52. The number of aromatic nitrogens is 1. The van der Waals surface area contributed by atoms with Gasteiger partial charge in [0.25, 0.3) is 0 Å². The first-order valence-corrected chi connectivity index (χ1v) is 17.8. The largest absolute Gasteiger partial charge is 0.309 e. The molecule has 0 unspecified atom stereocenters. The molecule has 1 nitrogen and oxygen atoms in total. The van der Waals surface area contributed by atoms with Crippen LogP contribution in [-0.4, -0.2) is 4.57 Å². The van der Waals surface area contributed by atoms with Gasteiger partial charge in [-0.15, -0.1) is 0 Å². The third-order valence-corrected chi connectivity index (χ3v) is 10.9. The molecule has 0 bridgehead atoms. The van der Waals surface area contributed by atoms with Crippen molar-refractivity contribution in [2.24, 2.45) is 0 Å². The molecule has 1 aliphatic rings. The number of nitrogens with zero attached hydrogens (tertiary/aromatic N) is 1. The standard InChI is InChI=1S/C50H35N/c1-34-30-43(36-18-8-3-9-19-36)49-45(31-34)41-28-27-40(33-46(41)50(49,38-20-10-4-11-21-38)39-22-12-5-13-23-39)51-47-25-15-14-24-42(47)44-32-37(26-29-48(44)51)35-16-6-2-7-17-35/h2-33H,1H3. The molecule has 0 N–H and O–H groups in total. The monoisotopic (exact) mass is 649 g/mol. The summed E-state index contributed by atoms with van der Waals surface area (Å²) in [4.78, 5) is 0. The smallest absolute Gasteiger partial charge is 0.0720 e. The van der Waals surface area contributed by atoms with Crippen molar-refractivity contribution < 1.29 is 0 Å². The molecule has 10 rings (SSSR count). The Morgan fingerprint density at radius 3 is 1.65 bits per heavy atom. The van der Waals surface area contributed by atoms with Gasteiger partial charge < -0.3 is 4.57 Å². The fraction of sp³-hybridized carbons (Fsp3) is 0.0400. The molecule has 1 aromatic heterocycles. The Balaban J connectivity index is 1.31. The Labute approximate surface area is 298 Å². The number of rotatable bonds is 5. The molecule has 0 amide bonds. The zero-order chi connectivity index (χ0) is 33.9. The maximum Gasteiger partial charge on any atom is 0.0720 e. The second-order valence-electron chi connectivity index (χ2n) is 13.8. The van der Waals surface area contributed by atoms with Crippen molar-refractivity contribution in [1.82, 2.24) is 4.57 Å². The molecule has 9 aromatic rings. The van der Waals surface area contributed by atoms with Crippen molar-refractivity contribution in [2.45, 2.75) is 12.3 Å². The van der Waals surface area contributed by atoms with Crippen LogP contribution in [0, 0.1) is 6.92 Å². The summed E-state index contributed by atoms with van der Waals surface area (Å²) in [5.41, 5.74) is 17.0. The molecule has 0 atom stereocenters. The van der Waals surface area contributed by atoms with Gasteiger partial charge in [0.05, 0.1) is 16.4 Å². The van der Waals surface area contributed by atoms with E-state index in [0.717, 1.165) is 5.69 Å². The molecular formula is C50H35N. The predicted molar refractivity (Wildman–Crippen MR) is 214 cm³/mol. The van der Waals surface area contributed by atoms with Crippen LogP contribution in [0.4, 0.5) is 0 Å².